The second-order valence-electron chi connectivity index (χ2n) is 8.30. The smallest absolute Gasteiger partial charge is 0.310 e. The number of carbonyl (C=O) groups excluding carboxylic acids is 1. The highest BCUT2D eigenvalue weighted by atomic mass is 16.5. The van der Waals surface area contributed by atoms with Crippen molar-refractivity contribution in [1.82, 2.24) is 5.32 Å². The van der Waals surface area contributed by atoms with Gasteiger partial charge in [0, 0.05) is 6.04 Å². The van der Waals surface area contributed by atoms with E-state index in [9.17, 15) is 14.7 Å². The first-order valence-electron chi connectivity index (χ1n) is 8.45. The summed E-state index contributed by atoms with van der Waals surface area (Å²) >= 11 is 0. The number of carbonyl (C=O) groups is 2. The van der Waals surface area contributed by atoms with Gasteiger partial charge in [0.05, 0.1) is 24.0 Å². The van der Waals surface area contributed by atoms with Crippen molar-refractivity contribution in [2.75, 3.05) is 0 Å². The van der Waals surface area contributed by atoms with E-state index in [4.69, 9.17) is 4.74 Å². The Balaban J connectivity index is 1.68. The number of ether oxygens (including phenoxy) is 1. The predicted octanol–water partition coefficient (Wildman–Crippen LogP) is 2.20. The number of hydrogen-bond acceptors (Lipinski definition) is 3. The van der Waals surface area contributed by atoms with Crippen LogP contribution in [0.5, 0.6) is 0 Å². The monoisotopic (exact) mass is 309 g/mol. The van der Waals surface area contributed by atoms with Gasteiger partial charge in [-0.1, -0.05) is 20.8 Å². The van der Waals surface area contributed by atoms with Crippen LogP contribution in [0.25, 0.3) is 0 Å². The van der Waals surface area contributed by atoms with Crippen LogP contribution in [0.15, 0.2) is 0 Å². The summed E-state index contributed by atoms with van der Waals surface area (Å²) in [6.45, 7) is 6.70. The van der Waals surface area contributed by atoms with Crippen LogP contribution in [0, 0.1) is 23.2 Å². The molecule has 2 aliphatic heterocycles. The zero-order chi connectivity index (χ0) is 16.1. The molecule has 2 bridgehead atoms. The minimum atomic E-state index is -0.898. The fourth-order valence-corrected chi connectivity index (χ4v) is 5.08. The van der Waals surface area contributed by atoms with Gasteiger partial charge in [-0.2, -0.15) is 0 Å². The quantitative estimate of drug-likeness (QED) is 0.838. The van der Waals surface area contributed by atoms with Gasteiger partial charge in [0.2, 0.25) is 5.91 Å². The van der Waals surface area contributed by atoms with Crippen molar-refractivity contribution in [2.45, 2.75) is 71.1 Å². The van der Waals surface area contributed by atoms with E-state index in [1.165, 1.54) is 6.42 Å². The maximum Gasteiger partial charge on any atom is 0.310 e. The second-order valence-corrected chi connectivity index (χ2v) is 8.30. The molecule has 0 aromatic rings. The fraction of sp³-hybridized carbons (Fsp3) is 0.882. The molecule has 5 nitrogen and oxygen atoms in total. The van der Waals surface area contributed by atoms with E-state index in [1.807, 2.05) is 0 Å². The predicted molar refractivity (Wildman–Crippen MR) is 81.2 cm³/mol. The molecule has 1 amide bonds. The van der Waals surface area contributed by atoms with Crippen LogP contribution < -0.4 is 5.32 Å². The van der Waals surface area contributed by atoms with E-state index in [1.54, 1.807) is 0 Å². The standard InChI is InChI=1S/C17H27NO4/c1-9-6-10(8-17(2,3)7-9)18-15(19)13-11-4-5-12(22-11)14(13)16(20)21/h9-14H,4-8H2,1-3H3,(H,18,19)(H,20,21)/t9-,10+,11-,12-,13+,14-/m1/s1. The van der Waals surface area contributed by atoms with E-state index in [-0.39, 0.29) is 29.6 Å². The maximum atomic E-state index is 12.7. The molecule has 5 heteroatoms. The molecule has 6 atom stereocenters. The van der Waals surface area contributed by atoms with E-state index >= 15 is 0 Å². The lowest BCUT2D eigenvalue weighted by molar-refractivity contribution is -0.148. The summed E-state index contributed by atoms with van der Waals surface area (Å²) in [7, 11) is 0. The van der Waals surface area contributed by atoms with Crippen LogP contribution in [0.1, 0.15) is 52.9 Å². The molecule has 3 rings (SSSR count). The molecule has 1 aliphatic carbocycles. The molecule has 1 saturated carbocycles. The average Bonchev–Trinajstić information content (AvgIpc) is 2.95. The van der Waals surface area contributed by atoms with Crippen LogP contribution in [0.2, 0.25) is 0 Å². The van der Waals surface area contributed by atoms with Crippen molar-refractivity contribution >= 4 is 11.9 Å². The molecule has 0 aromatic carbocycles. The Kier molecular flexibility index (Phi) is 3.96. The van der Waals surface area contributed by atoms with Gasteiger partial charge in [-0.05, 0) is 43.4 Å². The number of amides is 1. The Morgan fingerprint density at radius 3 is 2.36 bits per heavy atom. The first-order valence-corrected chi connectivity index (χ1v) is 8.45. The summed E-state index contributed by atoms with van der Waals surface area (Å²) in [5.41, 5.74) is 0.229. The lowest BCUT2D eigenvalue weighted by atomic mass is 9.70. The first-order chi connectivity index (χ1) is 10.3. The third-order valence-electron chi connectivity index (χ3n) is 5.59. The number of nitrogens with one attached hydrogen (secondary N) is 1. The number of hydrogen-bond donors (Lipinski definition) is 2. The van der Waals surface area contributed by atoms with Gasteiger partial charge in [-0.25, -0.2) is 0 Å². The lowest BCUT2D eigenvalue weighted by Gasteiger charge is -2.40. The topological polar surface area (TPSA) is 75.6 Å². The molecule has 22 heavy (non-hydrogen) atoms. The molecule has 2 N–H and O–H groups in total. The van der Waals surface area contributed by atoms with Gasteiger partial charge in [0.25, 0.3) is 0 Å². The van der Waals surface area contributed by atoms with Crippen LogP contribution >= 0.6 is 0 Å². The minimum Gasteiger partial charge on any atom is -0.481 e. The summed E-state index contributed by atoms with van der Waals surface area (Å²) < 4.78 is 5.69. The van der Waals surface area contributed by atoms with Gasteiger partial charge in [0.1, 0.15) is 0 Å². The molecule has 3 aliphatic rings. The Morgan fingerprint density at radius 1 is 1.14 bits per heavy atom. The van der Waals surface area contributed by atoms with Crippen molar-refractivity contribution in [3.63, 3.8) is 0 Å². The summed E-state index contributed by atoms with van der Waals surface area (Å²) in [5, 5.41) is 12.6. The molecular formula is C17H27NO4. The zero-order valence-electron chi connectivity index (χ0n) is 13.7. The van der Waals surface area contributed by atoms with Crippen LogP contribution in [-0.4, -0.2) is 35.2 Å². The van der Waals surface area contributed by atoms with E-state index in [2.05, 4.69) is 26.1 Å². The van der Waals surface area contributed by atoms with Gasteiger partial charge >= 0.3 is 5.97 Å². The minimum absolute atomic E-state index is 0.116. The normalized spacial score (nSPS) is 43.0. The SMILES string of the molecule is C[C@@H]1C[C@H](NC(=O)[C@@H]2[C@H](C(=O)O)[C@H]3CC[C@H]2O3)CC(C)(C)C1. The number of aliphatic carboxylic acids is 1. The van der Waals surface area contributed by atoms with Gasteiger partial charge in [-0.15, -0.1) is 0 Å². The summed E-state index contributed by atoms with van der Waals surface area (Å²) in [5.74, 6) is -1.62. The first kappa shape index (κ1) is 15.8. The van der Waals surface area contributed by atoms with E-state index in [0.29, 0.717) is 5.92 Å². The Labute approximate surface area is 131 Å². The van der Waals surface area contributed by atoms with Gasteiger partial charge in [0.15, 0.2) is 0 Å². The summed E-state index contributed by atoms with van der Waals surface area (Å²) in [6, 6.07) is 0.153. The average molecular weight is 309 g/mol. The van der Waals surface area contributed by atoms with Crippen LogP contribution in [0.4, 0.5) is 0 Å². The highest BCUT2D eigenvalue weighted by Gasteiger charge is 2.55. The number of rotatable bonds is 3. The molecule has 2 saturated heterocycles. The number of fused-ring (bicyclic) bond motifs is 2. The molecule has 124 valence electrons. The van der Waals surface area contributed by atoms with Crippen LogP contribution in [0.3, 0.4) is 0 Å². The Morgan fingerprint density at radius 2 is 1.77 bits per heavy atom. The molecule has 0 aromatic heterocycles. The van der Waals surface area contributed by atoms with Gasteiger partial charge < -0.3 is 15.2 Å². The molecule has 0 spiro atoms. The third kappa shape index (κ3) is 2.87. The Hall–Kier alpha value is -1.10. The van der Waals surface area contributed by atoms with Crippen molar-refractivity contribution in [1.29, 1.82) is 0 Å². The van der Waals surface area contributed by atoms with Gasteiger partial charge in [-0.3, -0.25) is 9.59 Å². The highest BCUT2D eigenvalue weighted by Crippen LogP contribution is 2.44. The molecule has 2 heterocycles. The van der Waals surface area contributed by atoms with E-state index < -0.39 is 17.8 Å². The molecule has 0 radical (unpaired) electrons. The third-order valence-corrected chi connectivity index (χ3v) is 5.59. The second kappa shape index (κ2) is 5.52. The Bertz CT molecular complexity index is 475. The lowest BCUT2D eigenvalue weighted by Crippen LogP contribution is -2.49. The van der Waals surface area contributed by atoms with Crippen molar-refractivity contribution in [2.24, 2.45) is 23.2 Å². The fourth-order valence-electron chi connectivity index (χ4n) is 5.08. The highest BCUT2D eigenvalue weighted by molar-refractivity contribution is 5.86. The van der Waals surface area contributed by atoms with Crippen molar-refractivity contribution in [3.8, 4) is 0 Å². The summed E-state index contributed by atoms with van der Waals surface area (Å²) in [4.78, 5) is 24.2. The zero-order valence-corrected chi connectivity index (χ0v) is 13.7. The number of carboxylic acid groups (broad SMARTS) is 1. The van der Waals surface area contributed by atoms with Crippen LogP contribution in [-0.2, 0) is 14.3 Å². The van der Waals surface area contributed by atoms with Crippen molar-refractivity contribution < 1.29 is 19.4 Å². The summed E-state index contributed by atoms with van der Waals surface area (Å²) in [6.07, 6.45) is 4.20. The molecule has 0 unspecified atom stereocenters. The van der Waals surface area contributed by atoms with Crippen molar-refractivity contribution in [3.05, 3.63) is 0 Å². The largest absolute Gasteiger partial charge is 0.481 e. The number of carboxylic acids is 1. The molecule has 3 fully saturated rings. The molecular weight excluding hydrogens is 282 g/mol. The maximum absolute atomic E-state index is 12.7. The van der Waals surface area contributed by atoms with E-state index in [0.717, 1.165) is 25.7 Å².